The highest BCUT2D eigenvalue weighted by atomic mass is 32.1. The van der Waals surface area contributed by atoms with E-state index in [0.29, 0.717) is 29.5 Å². The maximum absolute atomic E-state index is 12.5. The smallest absolute Gasteiger partial charge is 0.341 e. The van der Waals surface area contributed by atoms with Gasteiger partial charge in [-0.2, -0.15) is 0 Å². The molecule has 0 saturated heterocycles. The minimum absolute atomic E-state index is 0.0998. The fourth-order valence-electron chi connectivity index (χ4n) is 3.07. The molecule has 1 heterocycles. The summed E-state index contributed by atoms with van der Waals surface area (Å²) in [5.74, 6) is 0.232. The van der Waals surface area contributed by atoms with Crippen LogP contribution in [0.3, 0.4) is 0 Å². The van der Waals surface area contributed by atoms with Gasteiger partial charge in [-0.15, -0.1) is 11.3 Å². The molecule has 3 rings (SSSR count). The van der Waals surface area contributed by atoms with Crippen molar-refractivity contribution in [3.05, 3.63) is 39.8 Å². The zero-order chi connectivity index (χ0) is 18.5. The van der Waals surface area contributed by atoms with Crippen LogP contribution in [0.5, 0.6) is 11.5 Å². The first-order valence-corrected chi connectivity index (χ1v) is 9.77. The van der Waals surface area contributed by atoms with Crippen LogP contribution in [0.15, 0.2) is 23.2 Å². The summed E-state index contributed by atoms with van der Waals surface area (Å²) in [4.78, 5) is 18.3. The van der Waals surface area contributed by atoms with Crippen molar-refractivity contribution < 1.29 is 19.4 Å². The number of hydrogen-bond acceptors (Lipinski definition) is 6. The number of aliphatic imine (C=N–C) groups is 1. The molecule has 0 bridgehead atoms. The van der Waals surface area contributed by atoms with Crippen LogP contribution in [0.2, 0.25) is 0 Å². The van der Waals surface area contributed by atoms with Gasteiger partial charge in [0.25, 0.3) is 0 Å². The zero-order valence-electron chi connectivity index (χ0n) is 15.1. The number of hydrogen-bond donors (Lipinski definition) is 1. The SMILES string of the molecule is CCOC(=O)c1c(/N=C/c2ccc(O)c(OCC)c2)sc2c1CCCC2. The van der Waals surface area contributed by atoms with Gasteiger partial charge in [-0.3, -0.25) is 0 Å². The van der Waals surface area contributed by atoms with Crippen molar-refractivity contribution in [2.24, 2.45) is 4.99 Å². The lowest BCUT2D eigenvalue weighted by atomic mass is 9.95. The molecule has 0 amide bonds. The Hall–Kier alpha value is -2.34. The van der Waals surface area contributed by atoms with Gasteiger partial charge in [0.2, 0.25) is 0 Å². The Labute approximate surface area is 157 Å². The van der Waals surface area contributed by atoms with E-state index in [-0.39, 0.29) is 11.7 Å². The second-order valence-electron chi connectivity index (χ2n) is 6.03. The van der Waals surface area contributed by atoms with Gasteiger partial charge in [-0.25, -0.2) is 9.79 Å². The van der Waals surface area contributed by atoms with E-state index >= 15 is 0 Å². The molecule has 0 unspecified atom stereocenters. The Balaban J connectivity index is 1.94. The summed E-state index contributed by atoms with van der Waals surface area (Å²) >= 11 is 1.57. The number of esters is 1. The molecule has 5 nitrogen and oxygen atoms in total. The first kappa shape index (κ1) is 18.5. The van der Waals surface area contributed by atoms with E-state index in [1.54, 1.807) is 35.8 Å². The third-order valence-corrected chi connectivity index (χ3v) is 5.45. The zero-order valence-corrected chi connectivity index (χ0v) is 15.9. The molecule has 1 aliphatic rings. The predicted octanol–water partition coefficient (Wildman–Crippen LogP) is 4.66. The van der Waals surface area contributed by atoms with Gasteiger partial charge in [0.1, 0.15) is 5.00 Å². The van der Waals surface area contributed by atoms with Crippen molar-refractivity contribution in [1.29, 1.82) is 0 Å². The normalized spacial score (nSPS) is 13.6. The van der Waals surface area contributed by atoms with Crippen LogP contribution in [0.25, 0.3) is 0 Å². The van der Waals surface area contributed by atoms with E-state index in [0.717, 1.165) is 36.8 Å². The largest absolute Gasteiger partial charge is 0.504 e. The number of phenolic OH excluding ortho intramolecular Hbond substituents is 1. The molecule has 138 valence electrons. The number of carbonyl (C=O) groups is 1. The minimum atomic E-state index is -0.292. The molecule has 26 heavy (non-hydrogen) atoms. The van der Waals surface area contributed by atoms with Crippen molar-refractivity contribution in [3.63, 3.8) is 0 Å². The van der Waals surface area contributed by atoms with Gasteiger partial charge >= 0.3 is 5.97 Å². The first-order chi connectivity index (χ1) is 12.6. The molecule has 0 spiro atoms. The second kappa shape index (κ2) is 8.36. The molecule has 2 aromatic rings. The van der Waals surface area contributed by atoms with Gasteiger partial charge in [-0.1, -0.05) is 0 Å². The summed E-state index contributed by atoms with van der Waals surface area (Å²) < 4.78 is 10.7. The second-order valence-corrected chi connectivity index (χ2v) is 7.11. The van der Waals surface area contributed by atoms with Gasteiger partial charge in [0, 0.05) is 11.1 Å². The fraction of sp³-hybridized carbons (Fsp3) is 0.400. The van der Waals surface area contributed by atoms with E-state index in [1.807, 2.05) is 13.8 Å². The van der Waals surface area contributed by atoms with Crippen molar-refractivity contribution in [2.75, 3.05) is 13.2 Å². The molecule has 0 fully saturated rings. The number of phenols is 1. The van der Waals surface area contributed by atoms with E-state index in [9.17, 15) is 9.90 Å². The van der Waals surface area contributed by atoms with Gasteiger partial charge in [-0.05, 0) is 68.9 Å². The summed E-state index contributed by atoms with van der Waals surface area (Å²) in [6, 6.07) is 5.08. The van der Waals surface area contributed by atoms with Crippen LogP contribution in [0.1, 0.15) is 53.1 Å². The van der Waals surface area contributed by atoms with Crippen LogP contribution in [-0.4, -0.2) is 30.5 Å². The number of thiophene rings is 1. The van der Waals surface area contributed by atoms with Crippen LogP contribution in [0, 0.1) is 0 Å². The third kappa shape index (κ3) is 3.90. The van der Waals surface area contributed by atoms with Crippen LogP contribution >= 0.6 is 11.3 Å². The highest BCUT2D eigenvalue weighted by Gasteiger charge is 2.26. The molecule has 6 heteroatoms. The predicted molar refractivity (Wildman–Crippen MR) is 103 cm³/mol. The Morgan fingerprint density at radius 1 is 1.27 bits per heavy atom. The van der Waals surface area contributed by atoms with E-state index in [4.69, 9.17) is 9.47 Å². The molecule has 1 aliphatic carbocycles. The van der Waals surface area contributed by atoms with E-state index in [2.05, 4.69) is 4.99 Å². The monoisotopic (exact) mass is 373 g/mol. The molecule has 0 radical (unpaired) electrons. The lowest BCUT2D eigenvalue weighted by Gasteiger charge is -2.11. The third-order valence-electron chi connectivity index (χ3n) is 4.25. The Morgan fingerprint density at radius 2 is 2.08 bits per heavy atom. The van der Waals surface area contributed by atoms with Gasteiger partial charge < -0.3 is 14.6 Å². The van der Waals surface area contributed by atoms with Crippen molar-refractivity contribution in [2.45, 2.75) is 39.5 Å². The summed E-state index contributed by atoms with van der Waals surface area (Å²) in [7, 11) is 0. The van der Waals surface area contributed by atoms with Crippen LogP contribution < -0.4 is 4.74 Å². The highest BCUT2D eigenvalue weighted by molar-refractivity contribution is 7.16. The Kier molecular flexibility index (Phi) is 5.93. The number of fused-ring (bicyclic) bond motifs is 1. The van der Waals surface area contributed by atoms with Gasteiger partial charge in [0.05, 0.1) is 18.8 Å². The maximum atomic E-state index is 12.5. The number of aromatic hydroxyl groups is 1. The number of benzene rings is 1. The van der Waals surface area contributed by atoms with Crippen molar-refractivity contribution >= 4 is 28.5 Å². The number of rotatable bonds is 6. The average molecular weight is 373 g/mol. The first-order valence-electron chi connectivity index (χ1n) is 8.95. The lowest BCUT2D eigenvalue weighted by Crippen LogP contribution is -2.09. The van der Waals surface area contributed by atoms with Crippen molar-refractivity contribution in [3.8, 4) is 11.5 Å². The van der Waals surface area contributed by atoms with E-state index < -0.39 is 0 Å². The standard InChI is InChI=1S/C20H23NO4S/c1-3-24-16-11-13(9-10-15(16)22)12-21-19-18(20(23)25-4-2)14-7-5-6-8-17(14)26-19/h9-12,22H,3-8H2,1-2H3/b21-12+. The molecule has 0 aliphatic heterocycles. The average Bonchev–Trinajstić information content (AvgIpc) is 3.01. The quantitative estimate of drug-likeness (QED) is 0.591. The fourth-order valence-corrected chi connectivity index (χ4v) is 4.29. The van der Waals surface area contributed by atoms with Crippen molar-refractivity contribution in [1.82, 2.24) is 0 Å². The minimum Gasteiger partial charge on any atom is -0.504 e. The molecular weight excluding hydrogens is 350 g/mol. The number of aryl methyl sites for hydroxylation is 1. The number of nitrogens with zero attached hydrogens (tertiary/aromatic N) is 1. The molecular formula is C20H23NO4S. The summed E-state index contributed by atoms with van der Waals surface area (Å²) in [6.45, 7) is 4.49. The topological polar surface area (TPSA) is 68.1 Å². The molecule has 1 N–H and O–H groups in total. The maximum Gasteiger partial charge on any atom is 0.341 e. The number of ether oxygens (including phenoxy) is 2. The molecule has 1 aromatic carbocycles. The van der Waals surface area contributed by atoms with Crippen LogP contribution in [0.4, 0.5) is 5.00 Å². The van der Waals surface area contributed by atoms with Gasteiger partial charge in [0.15, 0.2) is 11.5 Å². The Bertz CT molecular complexity index is 825. The molecule has 1 aromatic heterocycles. The highest BCUT2D eigenvalue weighted by Crippen LogP contribution is 2.40. The lowest BCUT2D eigenvalue weighted by molar-refractivity contribution is 0.0526. The van der Waals surface area contributed by atoms with E-state index in [1.165, 1.54) is 4.88 Å². The summed E-state index contributed by atoms with van der Waals surface area (Å²) in [5.41, 5.74) is 2.52. The molecule has 0 saturated carbocycles. The summed E-state index contributed by atoms with van der Waals surface area (Å²) in [6.07, 6.45) is 5.84. The van der Waals surface area contributed by atoms with Crippen LogP contribution in [-0.2, 0) is 17.6 Å². The summed E-state index contributed by atoms with van der Waals surface area (Å²) in [5, 5.41) is 10.5. The Morgan fingerprint density at radius 3 is 2.85 bits per heavy atom. The molecule has 0 atom stereocenters. The number of carbonyl (C=O) groups excluding carboxylic acids is 1.